The second kappa shape index (κ2) is 7.79. The maximum atomic E-state index is 4.86. The summed E-state index contributed by atoms with van der Waals surface area (Å²) in [6, 6.07) is 5.04. The maximum Gasteiger partial charge on any atom is 0.128 e. The van der Waals surface area contributed by atoms with E-state index in [1.807, 2.05) is 0 Å². The average Bonchev–Trinajstić information content (AvgIpc) is 2.40. The molecular weight excluding hydrogens is 258 g/mol. The number of anilines is 1. The summed E-state index contributed by atoms with van der Waals surface area (Å²) in [7, 11) is 2.19. The van der Waals surface area contributed by atoms with Gasteiger partial charge < -0.3 is 10.2 Å². The van der Waals surface area contributed by atoms with Crippen LogP contribution in [0.2, 0.25) is 0 Å². The third-order valence-electron chi connectivity index (χ3n) is 4.29. The Morgan fingerprint density at radius 3 is 2.67 bits per heavy atom. The minimum absolute atomic E-state index is 0.518. The van der Waals surface area contributed by atoms with Gasteiger partial charge in [0.25, 0.3) is 0 Å². The Morgan fingerprint density at radius 2 is 2.10 bits per heavy atom. The predicted molar refractivity (Wildman–Crippen MR) is 90.8 cm³/mol. The number of rotatable bonds is 8. The summed E-state index contributed by atoms with van der Waals surface area (Å²) in [5, 5.41) is 3.51. The van der Waals surface area contributed by atoms with Gasteiger partial charge >= 0.3 is 0 Å². The van der Waals surface area contributed by atoms with E-state index < -0.39 is 0 Å². The summed E-state index contributed by atoms with van der Waals surface area (Å²) < 4.78 is 0. The molecule has 1 fully saturated rings. The van der Waals surface area contributed by atoms with Crippen LogP contribution in [0.25, 0.3) is 0 Å². The van der Waals surface area contributed by atoms with Crippen LogP contribution in [0.5, 0.6) is 0 Å². The molecule has 3 nitrogen and oxygen atoms in total. The van der Waals surface area contributed by atoms with E-state index in [1.165, 1.54) is 30.5 Å². The van der Waals surface area contributed by atoms with Crippen molar-refractivity contribution < 1.29 is 0 Å². The highest BCUT2D eigenvalue weighted by molar-refractivity contribution is 5.42. The molecule has 1 aliphatic rings. The molecule has 21 heavy (non-hydrogen) atoms. The number of aryl methyl sites for hydroxylation is 1. The van der Waals surface area contributed by atoms with E-state index in [0.29, 0.717) is 6.04 Å². The molecule has 1 aliphatic carbocycles. The fraction of sp³-hybridized carbons (Fsp3) is 0.722. The number of pyridine rings is 1. The third kappa shape index (κ3) is 4.99. The lowest BCUT2D eigenvalue weighted by atomic mass is 9.85. The quantitative estimate of drug-likeness (QED) is 0.789. The van der Waals surface area contributed by atoms with Crippen molar-refractivity contribution in [1.29, 1.82) is 0 Å². The molecule has 1 heterocycles. The summed E-state index contributed by atoms with van der Waals surface area (Å²) >= 11 is 0. The molecule has 1 aromatic heterocycles. The fourth-order valence-electron chi connectivity index (χ4n) is 2.79. The third-order valence-corrected chi connectivity index (χ3v) is 4.29. The standard InChI is InChI=1S/C18H31N3/c1-5-7-17-10-16(12-19-14(2)3)11-18(20-17)21(4)13-15-8-6-9-15/h10-11,14-15,19H,5-9,12-13H2,1-4H3. The van der Waals surface area contributed by atoms with Crippen LogP contribution in [0.1, 0.15) is 57.7 Å². The van der Waals surface area contributed by atoms with Gasteiger partial charge in [-0.25, -0.2) is 4.98 Å². The van der Waals surface area contributed by atoms with Gasteiger partial charge in [0.2, 0.25) is 0 Å². The molecule has 1 N–H and O–H groups in total. The van der Waals surface area contributed by atoms with Crippen molar-refractivity contribution in [3.8, 4) is 0 Å². The molecule has 0 atom stereocenters. The van der Waals surface area contributed by atoms with Gasteiger partial charge in [-0.1, -0.05) is 33.6 Å². The lowest BCUT2D eigenvalue weighted by molar-refractivity contribution is 0.321. The van der Waals surface area contributed by atoms with Gasteiger partial charge in [-0.2, -0.15) is 0 Å². The van der Waals surface area contributed by atoms with E-state index in [-0.39, 0.29) is 0 Å². The van der Waals surface area contributed by atoms with E-state index in [1.54, 1.807) is 0 Å². The topological polar surface area (TPSA) is 28.2 Å². The molecule has 0 aliphatic heterocycles. The van der Waals surface area contributed by atoms with Crippen molar-refractivity contribution in [1.82, 2.24) is 10.3 Å². The Balaban J connectivity index is 2.09. The minimum atomic E-state index is 0.518. The van der Waals surface area contributed by atoms with Crippen molar-refractivity contribution in [2.24, 2.45) is 5.92 Å². The molecule has 0 radical (unpaired) electrons. The van der Waals surface area contributed by atoms with Crippen LogP contribution in [0, 0.1) is 5.92 Å². The zero-order valence-electron chi connectivity index (χ0n) is 14.2. The first kappa shape index (κ1) is 16.3. The van der Waals surface area contributed by atoms with Crippen molar-refractivity contribution in [3.05, 3.63) is 23.4 Å². The summed E-state index contributed by atoms with van der Waals surface area (Å²) in [4.78, 5) is 7.21. The van der Waals surface area contributed by atoms with Gasteiger partial charge in [0.05, 0.1) is 0 Å². The first-order valence-corrected chi connectivity index (χ1v) is 8.52. The monoisotopic (exact) mass is 289 g/mol. The van der Waals surface area contributed by atoms with E-state index in [9.17, 15) is 0 Å². The van der Waals surface area contributed by atoms with Crippen molar-refractivity contribution >= 4 is 5.82 Å². The Bertz CT molecular complexity index is 438. The number of nitrogens with zero attached hydrogens (tertiary/aromatic N) is 2. The van der Waals surface area contributed by atoms with Gasteiger partial charge in [0, 0.05) is 31.9 Å². The maximum absolute atomic E-state index is 4.86. The molecule has 1 aromatic rings. The first-order valence-electron chi connectivity index (χ1n) is 8.52. The zero-order chi connectivity index (χ0) is 15.2. The molecule has 0 aromatic carbocycles. The number of hydrogen-bond donors (Lipinski definition) is 1. The average molecular weight is 289 g/mol. The summed E-state index contributed by atoms with van der Waals surface area (Å²) in [5.41, 5.74) is 2.59. The summed E-state index contributed by atoms with van der Waals surface area (Å²) in [6.45, 7) is 8.69. The lowest BCUT2D eigenvalue weighted by Crippen LogP contribution is -2.30. The number of aromatic nitrogens is 1. The molecular formula is C18H31N3. The van der Waals surface area contributed by atoms with Gasteiger partial charge in [-0.15, -0.1) is 0 Å². The van der Waals surface area contributed by atoms with E-state index >= 15 is 0 Å². The molecule has 0 amide bonds. The van der Waals surface area contributed by atoms with E-state index in [4.69, 9.17) is 4.98 Å². The number of hydrogen-bond acceptors (Lipinski definition) is 3. The van der Waals surface area contributed by atoms with Crippen LogP contribution in [0.3, 0.4) is 0 Å². The Kier molecular flexibility index (Phi) is 6.04. The Hall–Kier alpha value is -1.09. The largest absolute Gasteiger partial charge is 0.359 e. The summed E-state index contributed by atoms with van der Waals surface area (Å²) in [5.74, 6) is 2.03. The van der Waals surface area contributed by atoms with E-state index in [0.717, 1.165) is 37.7 Å². The van der Waals surface area contributed by atoms with Gasteiger partial charge in [-0.3, -0.25) is 0 Å². The highest BCUT2D eigenvalue weighted by atomic mass is 15.2. The molecule has 0 saturated heterocycles. The van der Waals surface area contributed by atoms with Crippen molar-refractivity contribution in [2.75, 3.05) is 18.5 Å². The van der Waals surface area contributed by atoms with Crippen LogP contribution >= 0.6 is 0 Å². The first-order chi connectivity index (χ1) is 10.1. The molecule has 0 unspecified atom stereocenters. The minimum Gasteiger partial charge on any atom is -0.359 e. The van der Waals surface area contributed by atoms with Crippen LogP contribution < -0.4 is 10.2 Å². The molecule has 3 heteroatoms. The van der Waals surface area contributed by atoms with Gasteiger partial charge in [0.1, 0.15) is 5.82 Å². The second-order valence-corrected chi connectivity index (χ2v) is 6.79. The Morgan fingerprint density at radius 1 is 1.33 bits per heavy atom. The van der Waals surface area contributed by atoms with E-state index in [2.05, 4.69) is 50.2 Å². The van der Waals surface area contributed by atoms with Crippen LogP contribution in [0.15, 0.2) is 12.1 Å². The number of nitrogens with one attached hydrogen (secondary N) is 1. The van der Waals surface area contributed by atoms with Gasteiger partial charge in [-0.05, 0) is 42.9 Å². The van der Waals surface area contributed by atoms with Crippen LogP contribution in [0.4, 0.5) is 5.82 Å². The predicted octanol–water partition coefficient (Wildman–Crippen LogP) is 3.77. The fourth-order valence-corrected chi connectivity index (χ4v) is 2.79. The molecule has 0 bridgehead atoms. The molecule has 2 rings (SSSR count). The lowest BCUT2D eigenvalue weighted by Gasteiger charge is -2.31. The zero-order valence-corrected chi connectivity index (χ0v) is 14.2. The summed E-state index contributed by atoms with van der Waals surface area (Å²) in [6.07, 6.45) is 6.41. The highest BCUT2D eigenvalue weighted by Crippen LogP contribution is 2.28. The molecule has 0 spiro atoms. The molecule has 118 valence electrons. The van der Waals surface area contributed by atoms with Gasteiger partial charge in [0.15, 0.2) is 0 Å². The van der Waals surface area contributed by atoms with Crippen LogP contribution in [-0.2, 0) is 13.0 Å². The Labute approximate surface area is 130 Å². The second-order valence-electron chi connectivity index (χ2n) is 6.79. The van der Waals surface area contributed by atoms with Crippen molar-refractivity contribution in [3.63, 3.8) is 0 Å². The smallest absolute Gasteiger partial charge is 0.128 e. The van der Waals surface area contributed by atoms with Crippen LogP contribution in [-0.4, -0.2) is 24.6 Å². The molecule has 1 saturated carbocycles. The normalized spacial score (nSPS) is 15.3. The SMILES string of the molecule is CCCc1cc(CNC(C)C)cc(N(C)CC2CCC2)n1. The van der Waals surface area contributed by atoms with Crippen molar-refractivity contribution in [2.45, 2.75) is 65.5 Å². The highest BCUT2D eigenvalue weighted by Gasteiger charge is 2.20.